The van der Waals surface area contributed by atoms with Gasteiger partial charge in [-0.3, -0.25) is 0 Å². The minimum Gasteiger partial charge on any atom is -0.245 e. The van der Waals surface area contributed by atoms with E-state index in [1.807, 2.05) is 0 Å². The van der Waals surface area contributed by atoms with Crippen LogP contribution in [0.4, 0.5) is 23.5 Å². The number of rotatable bonds is 5. The number of thiophene rings is 1. The summed E-state index contributed by atoms with van der Waals surface area (Å²) in [5.41, 5.74) is 2.61. The van der Waals surface area contributed by atoms with Gasteiger partial charge in [0.25, 0.3) is 6.43 Å². The zero-order valence-corrected chi connectivity index (χ0v) is 13.3. The number of benzene rings is 1. The van der Waals surface area contributed by atoms with Gasteiger partial charge in [0, 0.05) is 5.56 Å². The van der Waals surface area contributed by atoms with E-state index in [2.05, 4.69) is 20.5 Å². The Morgan fingerprint density at radius 1 is 1.04 bits per heavy atom. The van der Waals surface area contributed by atoms with Crippen LogP contribution in [0.5, 0.6) is 0 Å². The maximum Gasteiger partial charge on any atom is 0.280 e. The number of halogens is 4. The summed E-state index contributed by atoms with van der Waals surface area (Å²) < 4.78 is 52.0. The van der Waals surface area contributed by atoms with Crippen LogP contribution in [0.25, 0.3) is 11.3 Å². The van der Waals surface area contributed by atoms with E-state index in [0.29, 0.717) is 10.4 Å². The number of aromatic nitrogens is 2. The van der Waals surface area contributed by atoms with Gasteiger partial charge in [0.2, 0.25) is 5.95 Å². The molecule has 25 heavy (non-hydrogen) atoms. The van der Waals surface area contributed by atoms with Crippen molar-refractivity contribution >= 4 is 23.5 Å². The Morgan fingerprint density at radius 2 is 1.80 bits per heavy atom. The van der Waals surface area contributed by atoms with Crippen molar-refractivity contribution < 1.29 is 17.6 Å². The summed E-state index contributed by atoms with van der Waals surface area (Å²) in [5.74, 6) is -0.594. The van der Waals surface area contributed by atoms with Gasteiger partial charge in [0.1, 0.15) is 11.5 Å². The van der Waals surface area contributed by atoms with Gasteiger partial charge >= 0.3 is 0 Å². The molecule has 4 nitrogen and oxygen atoms in total. The Balaban J connectivity index is 1.87. The van der Waals surface area contributed by atoms with Crippen molar-refractivity contribution in [3.05, 3.63) is 64.0 Å². The number of nitrogens with one attached hydrogen (secondary N) is 1. The van der Waals surface area contributed by atoms with Gasteiger partial charge in [0.15, 0.2) is 5.13 Å². The highest BCUT2D eigenvalue weighted by atomic mass is 32.1. The van der Waals surface area contributed by atoms with Crippen LogP contribution in [0.2, 0.25) is 0 Å². The van der Waals surface area contributed by atoms with Gasteiger partial charge in [-0.15, -0.1) is 11.3 Å². The Morgan fingerprint density at radius 3 is 2.44 bits per heavy atom. The topological polar surface area (TPSA) is 50.2 Å². The summed E-state index contributed by atoms with van der Waals surface area (Å²) in [6.07, 6.45) is -1.48. The summed E-state index contributed by atoms with van der Waals surface area (Å²) in [4.78, 5) is 8.31. The first kappa shape index (κ1) is 17.0. The van der Waals surface area contributed by atoms with E-state index >= 15 is 0 Å². The molecule has 0 aliphatic heterocycles. The molecule has 0 spiro atoms. The molecule has 0 atom stereocenters. The van der Waals surface area contributed by atoms with E-state index in [4.69, 9.17) is 0 Å². The molecule has 1 N–H and O–H groups in total. The molecule has 0 fully saturated rings. The fourth-order valence-electron chi connectivity index (χ4n) is 1.95. The predicted octanol–water partition coefficient (Wildman–Crippen LogP) is 4.87. The zero-order chi connectivity index (χ0) is 17.8. The number of alkyl halides is 2. The molecule has 0 bridgehead atoms. The second kappa shape index (κ2) is 7.39. The highest BCUT2D eigenvalue weighted by Crippen LogP contribution is 2.24. The molecule has 0 radical (unpaired) electrons. The van der Waals surface area contributed by atoms with Crippen LogP contribution in [-0.4, -0.2) is 16.2 Å². The predicted molar refractivity (Wildman–Crippen MR) is 87.9 cm³/mol. The van der Waals surface area contributed by atoms with Crippen molar-refractivity contribution in [2.75, 3.05) is 5.43 Å². The first-order valence-corrected chi connectivity index (χ1v) is 7.80. The van der Waals surface area contributed by atoms with E-state index in [0.717, 1.165) is 17.4 Å². The first-order valence-electron chi connectivity index (χ1n) is 6.99. The third-order valence-corrected chi connectivity index (χ3v) is 3.87. The number of nitrogens with zero attached hydrogens (tertiary/aromatic N) is 3. The maximum absolute atomic E-state index is 13.0. The number of anilines is 1. The lowest BCUT2D eigenvalue weighted by Gasteiger charge is -2.07. The van der Waals surface area contributed by atoms with Crippen molar-refractivity contribution in [3.8, 4) is 11.3 Å². The minimum atomic E-state index is -2.81. The average Bonchev–Trinajstić information content (AvgIpc) is 3.00. The SMILES string of the molecule is Fc1ccc(-c2cc(C(F)F)nc(N/N=C\c3ccc(F)s3)n2)cc1. The van der Waals surface area contributed by atoms with Crippen molar-refractivity contribution in [2.45, 2.75) is 6.43 Å². The van der Waals surface area contributed by atoms with Crippen molar-refractivity contribution in [1.29, 1.82) is 0 Å². The molecule has 3 rings (SSSR count). The van der Waals surface area contributed by atoms with Crippen LogP contribution in [0.1, 0.15) is 17.0 Å². The fraction of sp³-hybridized carbons (Fsp3) is 0.0625. The lowest BCUT2D eigenvalue weighted by Crippen LogP contribution is -2.02. The van der Waals surface area contributed by atoms with Crippen molar-refractivity contribution in [2.24, 2.45) is 5.10 Å². The van der Waals surface area contributed by atoms with Gasteiger partial charge in [-0.1, -0.05) is 0 Å². The summed E-state index contributed by atoms with van der Waals surface area (Å²) in [5, 5.41) is 3.45. The van der Waals surface area contributed by atoms with Crippen LogP contribution >= 0.6 is 11.3 Å². The first-order chi connectivity index (χ1) is 12.0. The molecular formula is C16H10F4N4S. The van der Waals surface area contributed by atoms with E-state index < -0.39 is 17.9 Å². The van der Waals surface area contributed by atoms with Crippen LogP contribution in [0, 0.1) is 10.9 Å². The number of hydrogen-bond acceptors (Lipinski definition) is 5. The van der Waals surface area contributed by atoms with Gasteiger partial charge in [-0.25, -0.2) is 28.6 Å². The second-order valence-corrected chi connectivity index (χ2v) is 5.89. The highest BCUT2D eigenvalue weighted by Gasteiger charge is 2.14. The van der Waals surface area contributed by atoms with E-state index in [1.54, 1.807) is 0 Å². The Kier molecular flexibility index (Phi) is 5.03. The molecule has 2 heterocycles. The molecule has 0 aliphatic carbocycles. The van der Waals surface area contributed by atoms with Gasteiger partial charge < -0.3 is 0 Å². The minimum absolute atomic E-state index is 0.148. The monoisotopic (exact) mass is 366 g/mol. The van der Waals surface area contributed by atoms with Crippen LogP contribution < -0.4 is 5.43 Å². The van der Waals surface area contributed by atoms with Gasteiger partial charge in [-0.2, -0.15) is 9.49 Å². The maximum atomic E-state index is 13.0. The third-order valence-electron chi connectivity index (χ3n) is 3.06. The van der Waals surface area contributed by atoms with Crippen LogP contribution in [-0.2, 0) is 0 Å². The normalized spacial score (nSPS) is 11.4. The molecule has 0 amide bonds. The van der Waals surface area contributed by atoms with E-state index in [1.165, 1.54) is 42.6 Å². The summed E-state index contributed by atoms with van der Waals surface area (Å²) in [6, 6.07) is 9.19. The molecule has 2 aromatic heterocycles. The van der Waals surface area contributed by atoms with Crippen LogP contribution in [0.15, 0.2) is 47.6 Å². The molecular weight excluding hydrogens is 356 g/mol. The quantitative estimate of drug-likeness (QED) is 0.398. The number of hydrogen-bond donors (Lipinski definition) is 1. The Labute approximate surface area is 143 Å². The van der Waals surface area contributed by atoms with Crippen molar-refractivity contribution in [1.82, 2.24) is 9.97 Å². The lowest BCUT2D eigenvalue weighted by atomic mass is 10.1. The standard InChI is InChI=1S/C16H10F4N4S/c17-10-3-1-9(2-4-10)12-7-13(15(19)20)23-16(22-12)24-21-8-11-5-6-14(18)25-11/h1-8,15H,(H,22,23,24)/b21-8-. The molecule has 9 heteroatoms. The van der Waals surface area contributed by atoms with Gasteiger partial charge in [0.05, 0.1) is 16.8 Å². The third kappa shape index (κ3) is 4.38. The molecule has 0 aliphatic rings. The summed E-state index contributed by atoms with van der Waals surface area (Å²) in [6.45, 7) is 0. The summed E-state index contributed by atoms with van der Waals surface area (Å²) >= 11 is 0.880. The second-order valence-electron chi connectivity index (χ2n) is 4.82. The molecule has 0 unspecified atom stereocenters. The summed E-state index contributed by atoms with van der Waals surface area (Å²) in [7, 11) is 0. The molecule has 128 valence electrons. The van der Waals surface area contributed by atoms with Gasteiger partial charge in [-0.05, 0) is 42.5 Å². The molecule has 0 saturated carbocycles. The molecule has 3 aromatic rings. The average molecular weight is 366 g/mol. The zero-order valence-electron chi connectivity index (χ0n) is 12.5. The van der Waals surface area contributed by atoms with Crippen molar-refractivity contribution in [3.63, 3.8) is 0 Å². The van der Waals surface area contributed by atoms with E-state index in [9.17, 15) is 17.6 Å². The Bertz CT molecular complexity index is 893. The molecule has 0 saturated heterocycles. The molecule has 1 aromatic carbocycles. The Hall–Kier alpha value is -2.81. The number of hydrazone groups is 1. The fourth-order valence-corrected chi connectivity index (χ4v) is 2.55. The largest absolute Gasteiger partial charge is 0.280 e. The van der Waals surface area contributed by atoms with E-state index in [-0.39, 0.29) is 16.8 Å². The highest BCUT2D eigenvalue weighted by molar-refractivity contribution is 7.12. The smallest absolute Gasteiger partial charge is 0.245 e. The lowest BCUT2D eigenvalue weighted by molar-refractivity contribution is 0.146. The van der Waals surface area contributed by atoms with Crippen LogP contribution in [0.3, 0.4) is 0 Å².